The second kappa shape index (κ2) is 8.53. The number of rotatable bonds is 6. The van der Waals surface area contributed by atoms with E-state index in [0.717, 1.165) is 25.1 Å². The Kier molecular flexibility index (Phi) is 6.87. The predicted molar refractivity (Wildman–Crippen MR) is 73.4 cm³/mol. The van der Waals surface area contributed by atoms with E-state index in [2.05, 4.69) is 23.8 Å². The highest BCUT2D eigenvalue weighted by atomic mass is 16.5. The van der Waals surface area contributed by atoms with Gasteiger partial charge >= 0.3 is 6.09 Å². The van der Waals surface area contributed by atoms with Crippen LogP contribution in [0.3, 0.4) is 0 Å². The maximum Gasteiger partial charge on any atom is 0.407 e. The number of carbonyl (C=O) groups excluding carboxylic acids is 1. The molecule has 1 unspecified atom stereocenters. The monoisotopic (exact) mass is 250 g/mol. The molecule has 0 aliphatic carbocycles. The zero-order chi connectivity index (χ0) is 13.2. The number of alkyl carbamates (subject to hydrolysis) is 1. The van der Waals surface area contributed by atoms with Crippen LogP contribution in [-0.4, -0.2) is 32.3 Å². The topological polar surface area (TPSA) is 50.4 Å². The summed E-state index contributed by atoms with van der Waals surface area (Å²) in [7, 11) is 0. The zero-order valence-electron chi connectivity index (χ0n) is 10.8. The van der Waals surface area contributed by atoms with Gasteiger partial charge in [0, 0.05) is 6.54 Å². The van der Waals surface area contributed by atoms with Crippen molar-refractivity contribution in [2.24, 2.45) is 5.92 Å². The van der Waals surface area contributed by atoms with E-state index in [9.17, 15) is 4.79 Å². The number of amides is 1. The summed E-state index contributed by atoms with van der Waals surface area (Å²) in [6, 6.07) is 0. The molecule has 1 heterocycles. The van der Waals surface area contributed by atoms with E-state index in [1.54, 1.807) is 18.2 Å². The zero-order valence-corrected chi connectivity index (χ0v) is 10.8. The summed E-state index contributed by atoms with van der Waals surface area (Å²) < 4.78 is 5.08. The Balaban J connectivity index is 2.18. The molecule has 0 aromatic rings. The third kappa shape index (κ3) is 5.68. The second-order valence-electron chi connectivity index (χ2n) is 4.35. The van der Waals surface area contributed by atoms with Gasteiger partial charge in [0.25, 0.3) is 0 Å². The molecular formula is C14H22N2O2. The van der Waals surface area contributed by atoms with Gasteiger partial charge in [0.15, 0.2) is 0 Å². The highest BCUT2D eigenvalue weighted by molar-refractivity contribution is 5.67. The second-order valence-corrected chi connectivity index (χ2v) is 4.35. The normalized spacial score (nSPS) is 20.0. The molecule has 100 valence electrons. The Labute approximate surface area is 109 Å². The average molecular weight is 250 g/mol. The third-order valence-electron chi connectivity index (χ3n) is 2.90. The van der Waals surface area contributed by atoms with Gasteiger partial charge in [-0.05, 0) is 37.4 Å². The van der Waals surface area contributed by atoms with Crippen LogP contribution in [0.2, 0.25) is 0 Å². The minimum absolute atomic E-state index is 0.226. The Morgan fingerprint density at radius 2 is 2.33 bits per heavy atom. The number of piperidine rings is 1. The van der Waals surface area contributed by atoms with Crippen LogP contribution >= 0.6 is 0 Å². The predicted octanol–water partition coefficient (Wildman–Crippen LogP) is 2.01. The molecule has 4 heteroatoms. The van der Waals surface area contributed by atoms with E-state index in [0.29, 0.717) is 12.5 Å². The Hall–Kier alpha value is -1.55. The first-order valence-electron chi connectivity index (χ1n) is 6.31. The Bertz CT molecular complexity index is 318. The van der Waals surface area contributed by atoms with Gasteiger partial charge in [0.1, 0.15) is 6.61 Å². The SMILES string of the molecule is C=C/C=C(\C=C)COC(=O)NCC1CCCNC1. The average Bonchev–Trinajstić information content (AvgIpc) is 2.42. The van der Waals surface area contributed by atoms with Gasteiger partial charge in [-0.25, -0.2) is 4.79 Å². The lowest BCUT2D eigenvalue weighted by Gasteiger charge is -2.22. The summed E-state index contributed by atoms with van der Waals surface area (Å²) in [5.74, 6) is 0.508. The number of carbonyl (C=O) groups is 1. The van der Waals surface area contributed by atoms with Gasteiger partial charge < -0.3 is 15.4 Å². The van der Waals surface area contributed by atoms with Gasteiger partial charge in [0.2, 0.25) is 0 Å². The Morgan fingerprint density at radius 1 is 1.50 bits per heavy atom. The van der Waals surface area contributed by atoms with Crippen molar-refractivity contribution in [3.05, 3.63) is 37.0 Å². The molecule has 1 aliphatic heterocycles. The van der Waals surface area contributed by atoms with E-state index >= 15 is 0 Å². The molecule has 0 aromatic heterocycles. The lowest BCUT2D eigenvalue weighted by Crippen LogP contribution is -2.38. The molecule has 0 radical (unpaired) electrons. The summed E-state index contributed by atoms with van der Waals surface area (Å²) in [5, 5.41) is 6.09. The van der Waals surface area contributed by atoms with Gasteiger partial charge in [0.05, 0.1) is 0 Å². The minimum Gasteiger partial charge on any atom is -0.445 e. The van der Waals surface area contributed by atoms with Crippen LogP contribution in [0.4, 0.5) is 4.79 Å². The molecule has 2 N–H and O–H groups in total. The molecule has 1 amide bonds. The highest BCUT2D eigenvalue weighted by Gasteiger charge is 2.14. The number of hydrogen-bond acceptors (Lipinski definition) is 3. The van der Waals surface area contributed by atoms with Crippen molar-refractivity contribution >= 4 is 6.09 Å². The van der Waals surface area contributed by atoms with Crippen molar-refractivity contribution in [2.75, 3.05) is 26.2 Å². The van der Waals surface area contributed by atoms with Crippen LogP contribution in [0.1, 0.15) is 12.8 Å². The molecule has 1 fully saturated rings. The van der Waals surface area contributed by atoms with Crippen molar-refractivity contribution in [1.82, 2.24) is 10.6 Å². The maximum absolute atomic E-state index is 11.5. The fourth-order valence-electron chi connectivity index (χ4n) is 1.85. The van der Waals surface area contributed by atoms with E-state index in [-0.39, 0.29) is 12.7 Å². The highest BCUT2D eigenvalue weighted by Crippen LogP contribution is 2.08. The van der Waals surface area contributed by atoms with Crippen molar-refractivity contribution < 1.29 is 9.53 Å². The van der Waals surface area contributed by atoms with Crippen LogP contribution in [0, 0.1) is 5.92 Å². The molecule has 1 atom stereocenters. The van der Waals surface area contributed by atoms with Crippen LogP contribution in [0.5, 0.6) is 0 Å². The summed E-state index contributed by atoms with van der Waals surface area (Å²) >= 11 is 0. The molecular weight excluding hydrogens is 228 g/mol. The van der Waals surface area contributed by atoms with E-state index in [1.807, 2.05) is 0 Å². The summed E-state index contributed by atoms with van der Waals surface area (Å²) in [6.07, 6.45) is 7.01. The van der Waals surface area contributed by atoms with E-state index < -0.39 is 0 Å². The molecule has 4 nitrogen and oxygen atoms in total. The standard InChI is InChI=1S/C14H22N2O2/c1-3-6-12(4-2)11-18-14(17)16-10-13-7-5-8-15-9-13/h3-4,6,13,15H,1-2,5,7-11H2,(H,16,17)/b12-6+. The molecule has 1 saturated heterocycles. The van der Waals surface area contributed by atoms with Gasteiger partial charge in [-0.3, -0.25) is 0 Å². The molecule has 0 aromatic carbocycles. The smallest absolute Gasteiger partial charge is 0.407 e. The van der Waals surface area contributed by atoms with Crippen molar-refractivity contribution in [2.45, 2.75) is 12.8 Å². The first kappa shape index (κ1) is 14.5. The van der Waals surface area contributed by atoms with E-state index in [1.165, 1.54) is 6.42 Å². The molecule has 0 spiro atoms. The van der Waals surface area contributed by atoms with Crippen LogP contribution in [-0.2, 0) is 4.74 Å². The van der Waals surface area contributed by atoms with Gasteiger partial charge in [-0.2, -0.15) is 0 Å². The number of ether oxygens (including phenoxy) is 1. The van der Waals surface area contributed by atoms with Crippen LogP contribution in [0.15, 0.2) is 37.0 Å². The van der Waals surface area contributed by atoms with Crippen molar-refractivity contribution in [3.8, 4) is 0 Å². The first-order chi connectivity index (χ1) is 8.76. The molecule has 0 bridgehead atoms. The van der Waals surface area contributed by atoms with Crippen molar-refractivity contribution in [3.63, 3.8) is 0 Å². The first-order valence-corrected chi connectivity index (χ1v) is 6.31. The Morgan fingerprint density at radius 3 is 2.94 bits per heavy atom. The molecule has 1 aliphatic rings. The summed E-state index contributed by atoms with van der Waals surface area (Å²) in [4.78, 5) is 11.5. The summed E-state index contributed by atoms with van der Waals surface area (Å²) in [6.45, 7) is 10.2. The number of hydrogen-bond donors (Lipinski definition) is 2. The third-order valence-corrected chi connectivity index (χ3v) is 2.90. The van der Waals surface area contributed by atoms with Gasteiger partial charge in [-0.15, -0.1) is 0 Å². The van der Waals surface area contributed by atoms with Gasteiger partial charge in [-0.1, -0.05) is 31.4 Å². The van der Waals surface area contributed by atoms with Crippen LogP contribution in [0.25, 0.3) is 0 Å². The summed E-state index contributed by atoms with van der Waals surface area (Å²) in [5.41, 5.74) is 0.833. The molecule has 0 saturated carbocycles. The number of nitrogens with one attached hydrogen (secondary N) is 2. The lowest BCUT2D eigenvalue weighted by atomic mass is 10.00. The molecule has 18 heavy (non-hydrogen) atoms. The fourth-order valence-corrected chi connectivity index (χ4v) is 1.85. The quantitative estimate of drug-likeness (QED) is 0.709. The van der Waals surface area contributed by atoms with E-state index in [4.69, 9.17) is 4.74 Å². The fraction of sp³-hybridized carbons (Fsp3) is 0.500. The van der Waals surface area contributed by atoms with Crippen LogP contribution < -0.4 is 10.6 Å². The maximum atomic E-state index is 11.5. The lowest BCUT2D eigenvalue weighted by molar-refractivity contribution is 0.153. The number of allylic oxidation sites excluding steroid dienone is 2. The van der Waals surface area contributed by atoms with Crippen molar-refractivity contribution in [1.29, 1.82) is 0 Å². The minimum atomic E-state index is -0.377. The molecule has 1 rings (SSSR count). The largest absolute Gasteiger partial charge is 0.445 e.